The number of aliphatic hydroxyl groups excluding tert-OH is 1. The third-order valence-electron chi connectivity index (χ3n) is 5.73. The maximum Gasteiger partial charge on any atom is 0.328 e. The Morgan fingerprint density at radius 3 is 2.53 bits per heavy atom. The summed E-state index contributed by atoms with van der Waals surface area (Å²) in [4.78, 5) is 42.1. The van der Waals surface area contributed by atoms with Gasteiger partial charge < -0.3 is 14.7 Å². The zero-order chi connectivity index (χ0) is 21.1. The molecule has 2 saturated heterocycles. The van der Waals surface area contributed by atoms with E-state index in [0.29, 0.717) is 17.9 Å². The van der Waals surface area contributed by atoms with Crippen LogP contribution in [0.25, 0.3) is 0 Å². The molecule has 1 aromatic carbocycles. The summed E-state index contributed by atoms with van der Waals surface area (Å²) < 4.78 is 7.03. The molecule has 2 N–H and O–H groups in total. The molecule has 0 radical (unpaired) electrons. The highest BCUT2D eigenvalue weighted by Crippen LogP contribution is 2.23. The Kier molecular flexibility index (Phi) is 6.01. The first-order chi connectivity index (χ1) is 14.5. The van der Waals surface area contributed by atoms with Crippen LogP contribution in [0, 0.1) is 0 Å². The van der Waals surface area contributed by atoms with Crippen LogP contribution in [-0.2, 0) is 0 Å². The van der Waals surface area contributed by atoms with E-state index in [9.17, 15) is 19.5 Å². The Hall–Kier alpha value is -2.91. The van der Waals surface area contributed by atoms with Crippen molar-refractivity contribution in [3.05, 3.63) is 62.9 Å². The molecular weight excluding hydrogens is 388 g/mol. The van der Waals surface area contributed by atoms with Gasteiger partial charge >= 0.3 is 5.69 Å². The Labute approximate surface area is 173 Å². The number of carbonyl (C=O) groups is 1. The van der Waals surface area contributed by atoms with Gasteiger partial charge in [0.1, 0.15) is 12.4 Å². The van der Waals surface area contributed by atoms with Gasteiger partial charge in [-0.3, -0.25) is 24.0 Å². The molecule has 3 heterocycles. The lowest BCUT2D eigenvalue weighted by molar-refractivity contribution is 0.0764. The van der Waals surface area contributed by atoms with Gasteiger partial charge in [-0.1, -0.05) is 0 Å². The fourth-order valence-corrected chi connectivity index (χ4v) is 4.07. The summed E-state index contributed by atoms with van der Waals surface area (Å²) in [6.07, 6.45) is 2.95. The van der Waals surface area contributed by atoms with E-state index in [1.807, 2.05) is 0 Å². The lowest BCUT2D eigenvalue weighted by Crippen LogP contribution is -2.36. The molecule has 2 atom stereocenters. The number of ether oxygens (including phenoxy) is 1. The Balaban J connectivity index is 1.35. The Morgan fingerprint density at radius 1 is 1.10 bits per heavy atom. The number of likely N-dealkylation sites (tertiary alicyclic amines) is 2. The number of aromatic amines is 1. The molecule has 1 amide bonds. The molecule has 0 spiro atoms. The third kappa shape index (κ3) is 4.47. The summed E-state index contributed by atoms with van der Waals surface area (Å²) in [6, 6.07) is 7.58. The predicted octanol–water partition coefficient (Wildman–Crippen LogP) is 0.0692. The summed E-state index contributed by atoms with van der Waals surface area (Å²) in [6.45, 7) is 4.07. The predicted molar refractivity (Wildman–Crippen MR) is 110 cm³/mol. The Bertz CT molecular complexity index is 993. The molecule has 9 heteroatoms. The van der Waals surface area contributed by atoms with Crippen molar-refractivity contribution < 1.29 is 14.6 Å². The van der Waals surface area contributed by atoms with Gasteiger partial charge in [0.05, 0.1) is 12.1 Å². The second-order valence-electron chi connectivity index (χ2n) is 7.78. The van der Waals surface area contributed by atoms with Crippen molar-refractivity contribution in [2.75, 3.05) is 39.3 Å². The van der Waals surface area contributed by atoms with E-state index in [1.165, 1.54) is 34.6 Å². The van der Waals surface area contributed by atoms with E-state index in [4.69, 9.17) is 4.74 Å². The molecule has 30 heavy (non-hydrogen) atoms. The zero-order valence-electron chi connectivity index (χ0n) is 16.7. The van der Waals surface area contributed by atoms with E-state index in [0.717, 1.165) is 19.6 Å². The second kappa shape index (κ2) is 8.85. The van der Waals surface area contributed by atoms with Crippen LogP contribution in [0.1, 0.15) is 29.2 Å². The molecule has 160 valence electrons. The van der Waals surface area contributed by atoms with Crippen molar-refractivity contribution in [2.24, 2.45) is 0 Å². The average Bonchev–Trinajstić information content (AvgIpc) is 3.38. The lowest BCUT2D eigenvalue weighted by Gasteiger charge is -2.18. The molecule has 0 unspecified atom stereocenters. The van der Waals surface area contributed by atoms with Gasteiger partial charge in [-0.05, 0) is 50.2 Å². The number of aliphatic hydroxyl groups is 1. The minimum atomic E-state index is -0.897. The minimum absolute atomic E-state index is 0.114. The first-order valence-electron chi connectivity index (χ1n) is 10.3. The molecule has 0 bridgehead atoms. The quantitative estimate of drug-likeness (QED) is 0.693. The first kappa shape index (κ1) is 20.4. The first-order valence-corrected chi connectivity index (χ1v) is 10.3. The van der Waals surface area contributed by atoms with Crippen LogP contribution in [-0.4, -0.2) is 75.8 Å². The highest BCUT2D eigenvalue weighted by atomic mass is 16.5. The molecule has 2 aliphatic rings. The number of amides is 1. The standard InChI is InChI=1S/C21H26N4O5/c26-18-14-24(13-17(18)25-10-7-19(27)22-21(25)29)20(28)15-3-5-16(6-4-15)30-12-11-23-8-1-2-9-23/h3-7,10,17-18,26H,1-2,8-9,11-14H2,(H,22,27,29)/t17-,18-/m0/s1. The summed E-state index contributed by atoms with van der Waals surface area (Å²) in [5.41, 5.74) is -0.612. The number of aromatic nitrogens is 2. The number of carbonyl (C=O) groups excluding carboxylic acids is 1. The molecule has 0 saturated carbocycles. The Morgan fingerprint density at radius 2 is 1.83 bits per heavy atom. The maximum atomic E-state index is 12.8. The minimum Gasteiger partial charge on any atom is -0.492 e. The second-order valence-corrected chi connectivity index (χ2v) is 7.78. The van der Waals surface area contributed by atoms with Crippen molar-refractivity contribution in [1.29, 1.82) is 0 Å². The summed E-state index contributed by atoms with van der Waals surface area (Å²) in [5.74, 6) is 0.488. The van der Waals surface area contributed by atoms with Crippen molar-refractivity contribution >= 4 is 5.91 Å². The number of H-pyrrole nitrogens is 1. The molecule has 1 aromatic heterocycles. The van der Waals surface area contributed by atoms with E-state index >= 15 is 0 Å². The molecular formula is C21H26N4O5. The molecule has 0 aliphatic carbocycles. The van der Waals surface area contributed by atoms with Gasteiger partial charge in [-0.15, -0.1) is 0 Å². The summed E-state index contributed by atoms with van der Waals surface area (Å²) in [7, 11) is 0. The SMILES string of the molecule is O=C(c1ccc(OCCN2CCCC2)cc1)N1C[C@H](O)[C@@H](n2ccc(=O)[nH]c2=O)C1. The zero-order valence-corrected chi connectivity index (χ0v) is 16.7. The molecule has 2 fully saturated rings. The van der Waals surface area contributed by atoms with Crippen LogP contribution < -0.4 is 16.0 Å². The molecule has 4 rings (SSSR count). The third-order valence-corrected chi connectivity index (χ3v) is 5.73. The number of nitrogens with zero attached hydrogens (tertiary/aromatic N) is 3. The monoisotopic (exact) mass is 414 g/mol. The van der Waals surface area contributed by atoms with Crippen molar-refractivity contribution in [2.45, 2.75) is 25.0 Å². The number of β-amino-alcohol motifs (C(OH)–C–C–N with tert-alkyl or cyclic N) is 1. The van der Waals surface area contributed by atoms with Crippen molar-refractivity contribution in [3.8, 4) is 5.75 Å². The van der Waals surface area contributed by atoms with Crippen LogP contribution in [0.15, 0.2) is 46.1 Å². The van der Waals surface area contributed by atoms with Crippen molar-refractivity contribution in [1.82, 2.24) is 19.4 Å². The molecule has 2 aromatic rings. The number of hydrogen-bond acceptors (Lipinski definition) is 6. The largest absolute Gasteiger partial charge is 0.492 e. The van der Waals surface area contributed by atoms with Gasteiger partial charge in [-0.2, -0.15) is 0 Å². The van der Waals surface area contributed by atoms with E-state index in [2.05, 4.69) is 9.88 Å². The van der Waals surface area contributed by atoms with Crippen LogP contribution in [0.4, 0.5) is 0 Å². The van der Waals surface area contributed by atoms with E-state index in [-0.39, 0.29) is 19.0 Å². The van der Waals surface area contributed by atoms with Crippen LogP contribution in [0.3, 0.4) is 0 Å². The van der Waals surface area contributed by atoms with E-state index in [1.54, 1.807) is 24.3 Å². The van der Waals surface area contributed by atoms with Crippen LogP contribution in [0.2, 0.25) is 0 Å². The van der Waals surface area contributed by atoms with E-state index < -0.39 is 23.4 Å². The molecule has 9 nitrogen and oxygen atoms in total. The normalized spacial score (nSPS) is 21.8. The van der Waals surface area contributed by atoms with Crippen LogP contribution in [0.5, 0.6) is 5.75 Å². The van der Waals surface area contributed by atoms with Gasteiger partial charge in [0, 0.05) is 37.5 Å². The average molecular weight is 414 g/mol. The smallest absolute Gasteiger partial charge is 0.328 e. The van der Waals surface area contributed by atoms with Gasteiger partial charge in [-0.25, -0.2) is 4.79 Å². The highest BCUT2D eigenvalue weighted by molar-refractivity contribution is 5.94. The van der Waals surface area contributed by atoms with Crippen LogP contribution >= 0.6 is 0 Å². The van der Waals surface area contributed by atoms with Gasteiger partial charge in [0.15, 0.2) is 0 Å². The molecule has 2 aliphatic heterocycles. The lowest BCUT2D eigenvalue weighted by atomic mass is 10.2. The number of hydrogen-bond donors (Lipinski definition) is 2. The maximum absolute atomic E-state index is 12.8. The fourth-order valence-electron chi connectivity index (χ4n) is 4.07. The van der Waals surface area contributed by atoms with Gasteiger partial charge in [0.2, 0.25) is 0 Å². The topological polar surface area (TPSA) is 108 Å². The highest BCUT2D eigenvalue weighted by Gasteiger charge is 2.36. The summed E-state index contributed by atoms with van der Waals surface area (Å²) >= 11 is 0. The number of rotatable bonds is 6. The van der Waals surface area contributed by atoms with Gasteiger partial charge in [0.25, 0.3) is 11.5 Å². The number of benzene rings is 1. The van der Waals surface area contributed by atoms with Crippen molar-refractivity contribution in [3.63, 3.8) is 0 Å². The summed E-state index contributed by atoms with van der Waals surface area (Å²) in [5, 5.41) is 10.4. The number of nitrogens with one attached hydrogen (secondary N) is 1. The fraction of sp³-hybridized carbons (Fsp3) is 0.476.